The minimum atomic E-state index is -0.696. The Morgan fingerprint density at radius 2 is 1.94 bits per heavy atom. The van der Waals surface area contributed by atoms with Crippen LogP contribution in [0.25, 0.3) is 0 Å². The molecular formula is C21H22N4O6. The monoisotopic (exact) mass is 426 g/mol. The van der Waals surface area contributed by atoms with Gasteiger partial charge in [0.25, 0.3) is 11.6 Å². The van der Waals surface area contributed by atoms with Crippen LogP contribution in [0.3, 0.4) is 0 Å². The first-order valence-electron chi connectivity index (χ1n) is 9.71. The molecule has 0 spiro atoms. The molecule has 3 rings (SSSR count). The number of carbonyl (C=O) groups is 3. The van der Waals surface area contributed by atoms with Crippen molar-refractivity contribution in [1.29, 1.82) is 0 Å². The Morgan fingerprint density at radius 1 is 1.19 bits per heavy atom. The fraction of sp³-hybridized carbons (Fsp3) is 0.286. The molecule has 2 aromatic rings. The summed E-state index contributed by atoms with van der Waals surface area (Å²) >= 11 is 0. The highest BCUT2D eigenvalue weighted by Crippen LogP contribution is 2.28. The van der Waals surface area contributed by atoms with Crippen LogP contribution in [0.15, 0.2) is 48.5 Å². The van der Waals surface area contributed by atoms with E-state index in [9.17, 15) is 24.5 Å². The topological polar surface area (TPSA) is 131 Å². The molecule has 0 bridgehead atoms. The quantitative estimate of drug-likeness (QED) is 0.513. The number of nitro groups is 1. The third kappa shape index (κ3) is 5.16. The van der Waals surface area contributed by atoms with Crippen molar-refractivity contribution in [1.82, 2.24) is 15.5 Å². The van der Waals surface area contributed by atoms with E-state index in [1.54, 1.807) is 30.3 Å². The zero-order valence-electron chi connectivity index (χ0n) is 16.9. The van der Waals surface area contributed by atoms with Crippen LogP contribution in [0.2, 0.25) is 0 Å². The lowest BCUT2D eigenvalue weighted by atomic mass is 10.1. The molecule has 0 radical (unpaired) electrons. The van der Waals surface area contributed by atoms with Gasteiger partial charge in [0.05, 0.1) is 17.0 Å². The number of ether oxygens (including phenoxy) is 1. The van der Waals surface area contributed by atoms with Gasteiger partial charge in [0.2, 0.25) is 11.8 Å². The number of nitro benzene ring substituents is 1. The lowest BCUT2D eigenvalue weighted by molar-refractivity contribution is -0.384. The van der Waals surface area contributed by atoms with Crippen LogP contribution in [0, 0.1) is 10.1 Å². The predicted molar refractivity (Wildman–Crippen MR) is 111 cm³/mol. The van der Waals surface area contributed by atoms with Crippen molar-refractivity contribution in [3.05, 3.63) is 64.2 Å². The Bertz CT molecular complexity index is 995. The summed E-state index contributed by atoms with van der Waals surface area (Å²) in [5.74, 6) is -0.790. The number of para-hydroxylation sites is 1. The number of amides is 3. The average molecular weight is 426 g/mol. The van der Waals surface area contributed by atoms with E-state index < -0.39 is 22.8 Å². The van der Waals surface area contributed by atoms with Gasteiger partial charge in [0.15, 0.2) is 0 Å². The number of hydrogen-bond acceptors (Lipinski definition) is 6. The number of likely N-dealkylation sites (tertiary alicyclic amines) is 1. The molecule has 1 heterocycles. The van der Waals surface area contributed by atoms with Gasteiger partial charge in [0, 0.05) is 25.7 Å². The summed E-state index contributed by atoms with van der Waals surface area (Å²) in [4.78, 5) is 49.2. The van der Waals surface area contributed by atoms with Crippen molar-refractivity contribution in [2.45, 2.75) is 18.9 Å². The largest absolute Gasteiger partial charge is 0.457 e. The lowest BCUT2D eigenvalue weighted by Gasteiger charge is -2.23. The van der Waals surface area contributed by atoms with E-state index in [2.05, 4.69) is 10.6 Å². The lowest BCUT2D eigenvalue weighted by Crippen LogP contribution is -2.48. The molecule has 31 heavy (non-hydrogen) atoms. The molecule has 10 heteroatoms. The van der Waals surface area contributed by atoms with Crippen LogP contribution in [-0.4, -0.2) is 53.7 Å². The van der Waals surface area contributed by atoms with E-state index in [0.717, 1.165) is 6.07 Å². The Balaban J connectivity index is 1.75. The molecule has 1 aliphatic heterocycles. The van der Waals surface area contributed by atoms with Gasteiger partial charge in [-0.25, -0.2) is 0 Å². The number of carbonyl (C=O) groups excluding carboxylic acids is 3. The molecule has 0 aliphatic carbocycles. The summed E-state index contributed by atoms with van der Waals surface area (Å²) in [5, 5.41) is 16.2. The highest BCUT2D eigenvalue weighted by molar-refractivity contribution is 6.00. The summed E-state index contributed by atoms with van der Waals surface area (Å²) in [6.07, 6.45) is 1.25. The van der Waals surface area contributed by atoms with Crippen LogP contribution in [0.5, 0.6) is 11.5 Å². The fourth-order valence-corrected chi connectivity index (χ4v) is 3.37. The van der Waals surface area contributed by atoms with Crippen LogP contribution in [0.1, 0.15) is 23.2 Å². The molecule has 2 aromatic carbocycles. The second kappa shape index (κ2) is 9.70. The molecule has 2 N–H and O–H groups in total. The summed E-state index contributed by atoms with van der Waals surface area (Å²) in [6.45, 7) is 0.0752. The summed E-state index contributed by atoms with van der Waals surface area (Å²) in [5.41, 5.74) is -0.355. The van der Waals surface area contributed by atoms with Gasteiger partial charge in [-0.3, -0.25) is 24.5 Å². The molecule has 1 unspecified atom stereocenters. The summed E-state index contributed by atoms with van der Waals surface area (Å²) < 4.78 is 5.70. The first-order valence-corrected chi connectivity index (χ1v) is 9.71. The van der Waals surface area contributed by atoms with Crippen LogP contribution in [0.4, 0.5) is 5.69 Å². The van der Waals surface area contributed by atoms with Crippen LogP contribution in [-0.2, 0) is 9.59 Å². The minimum absolute atomic E-state index is 0.0740. The maximum Gasteiger partial charge on any atom is 0.270 e. The second-order valence-corrected chi connectivity index (χ2v) is 6.89. The third-order valence-electron chi connectivity index (χ3n) is 4.91. The molecule has 3 amide bonds. The van der Waals surface area contributed by atoms with Crippen molar-refractivity contribution >= 4 is 23.4 Å². The maximum atomic E-state index is 12.8. The Hall–Kier alpha value is -3.95. The Labute approximate surface area is 178 Å². The molecule has 1 atom stereocenters. The van der Waals surface area contributed by atoms with E-state index in [1.165, 1.54) is 24.1 Å². The van der Waals surface area contributed by atoms with Gasteiger partial charge >= 0.3 is 0 Å². The number of nitrogens with one attached hydrogen (secondary N) is 2. The molecule has 0 saturated carbocycles. The SMILES string of the molecule is CNC(=O)C1CCCN1C(=O)CNC(=O)c1cc([N+](=O)[O-])ccc1Oc1ccccc1. The van der Waals surface area contributed by atoms with E-state index in [-0.39, 0.29) is 29.5 Å². The molecule has 10 nitrogen and oxygen atoms in total. The Kier molecular flexibility index (Phi) is 6.81. The van der Waals surface area contributed by atoms with Gasteiger partial charge in [0.1, 0.15) is 17.5 Å². The molecular weight excluding hydrogens is 404 g/mol. The smallest absolute Gasteiger partial charge is 0.270 e. The zero-order valence-corrected chi connectivity index (χ0v) is 16.9. The normalized spacial score (nSPS) is 15.3. The minimum Gasteiger partial charge on any atom is -0.457 e. The van der Waals surface area contributed by atoms with Crippen molar-refractivity contribution < 1.29 is 24.0 Å². The van der Waals surface area contributed by atoms with Crippen molar-refractivity contribution in [2.75, 3.05) is 20.1 Å². The average Bonchev–Trinajstić information content (AvgIpc) is 3.27. The number of benzene rings is 2. The van der Waals surface area contributed by atoms with Crippen LogP contribution < -0.4 is 15.4 Å². The summed E-state index contributed by atoms with van der Waals surface area (Å²) in [6, 6.07) is 11.8. The number of rotatable bonds is 7. The number of non-ortho nitro benzene ring substituents is 1. The number of likely N-dealkylation sites (N-methyl/N-ethyl adjacent to an activating group) is 1. The first kappa shape index (κ1) is 21.8. The fourth-order valence-electron chi connectivity index (χ4n) is 3.37. The Morgan fingerprint density at radius 3 is 2.61 bits per heavy atom. The van der Waals surface area contributed by atoms with Gasteiger partial charge in [-0.1, -0.05) is 18.2 Å². The predicted octanol–water partition coefficient (Wildman–Crippen LogP) is 1.85. The van der Waals surface area contributed by atoms with Gasteiger partial charge in [-0.2, -0.15) is 0 Å². The molecule has 162 valence electrons. The van der Waals surface area contributed by atoms with Crippen molar-refractivity contribution in [2.24, 2.45) is 0 Å². The highest BCUT2D eigenvalue weighted by Gasteiger charge is 2.33. The van der Waals surface area contributed by atoms with E-state index >= 15 is 0 Å². The van der Waals surface area contributed by atoms with E-state index in [0.29, 0.717) is 25.1 Å². The highest BCUT2D eigenvalue weighted by atomic mass is 16.6. The summed E-state index contributed by atoms with van der Waals surface area (Å²) in [7, 11) is 1.50. The van der Waals surface area contributed by atoms with Gasteiger partial charge in [-0.05, 0) is 31.0 Å². The van der Waals surface area contributed by atoms with Crippen LogP contribution >= 0.6 is 0 Å². The zero-order chi connectivity index (χ0) is 22.4. The first-order chi connectivity index (χ1) is 14.9. The molecule has 0 aromatic heterocycles. The van der Waals surface area contributed by atoms with E-state index in [1.807, 2.05) is 0 Å². The number of nitrogens with zero attached hydrogens (tertiary/aromatic N) is 2. The van der Waals surface area contributed by atoms with Gasteiger partial charge in [-0.15, -0.1) is 0 Å². The van der Waals surface area contributed by atoms with E-state index in [4.69, 9.17) is 4.74 Å². The van der Waals surface area contributed by atoms with Gasteiger partial charge < -0.3 is 20.3 Å². The third-order valence-corrected chi connectivity index (χ3v) is 4.91. The van der Waals surface area contributed by atoms with Crippen molar-refractivity contribution in [3.63, 3.8) is 0 Å². The standard InChI is InChI=1S/C21H22N4O6/c1-22-21(28)17-8-5-11-24(17)19(26)13-23-20(27)16-12-14(25(29)30)9-10-18(16)31-15-6-3-2-4-7-15/h2-4,6-7,9-10,12,17H,5,8,11,13H2,1H3,(H,22,28)(H,23,27). The van der Waals surface area contributed by atoms with Crippen molar-refractivity contribution in [3.8, 4) is 11.5 Å². The second-order valence-electron chi connectivity index (χ2n) is 6.89. The maximum absolute atomic E-state index is 12.8. The number of hydrogen-bond donors (Lipinski definition) is 2. The molecule has 1 aliphatic rings. The molecule has 1 fully saturated rings. The molecule has 1 saturated heterocycles.